The summed E-state index contributed by atoms with van der Waals surface area (Å²) in [4.78, 5) is 15.4. The summed E-state index contributed by atoms with van der Waals surface area (Å²) in [5, 5.41) is 0. The van der Waals surface area contributed by atoms with Crippen molar-refractivity contribution in [2.45, 2.75) is 69.4 Å². The molecule has 0 N–H and O–H groups in total. The molecule has 2 saturated heterocycles. The first-order chi connectivity index (χ1) is 11.8. The molecule has 2 fully saturated rings. The summed E-state index contributed by atoms with van der Waals surface area (Å²) in [5.74, 6) is -0.455. The van der Waals surface area contributed by atoms with Crippen molar-refractivity contribution in [3.05, 3.63) is 35.9 Å². The highest BCUT2D eigenvalue weighted by Gasteiger charge is 2.40. The van der Waals surface area contributed by atoms with Gasteiger partial charge < -0.3 is 14.1 Å². The molecular formula is C20H31NO3Si. The molecule has 0 spiro atoms. The SMILES string of the molecule is CN1C2CCC1CC(OC(=O)[C@@H](CO[Si](C)(C)C)c1ccccc1)C2. The minimum atomic E-state index is -1.69. The van der Waals surface area contributed by atoms with Crippen LogP contribution in [0.1, 0.15) is 37.2 Å². The Bertz CT molecular complexity index is 572. The second-order valence-electron chi connectivity index (χ2n) is 8.47. The van der Waals surface area contributed by atoms with Gasteiger partial charge in [-0.1, -0.05) is 30.3 Å². The molecule has 0 aromatic heterocycles. The maximum absolute atomic E-state index is 12.9. The second-order valence-corrected chi connectivity index (χ2v) is 13.0. The van der Waals surface area contributed by atoms with Gasteiger partial charge in [-0.25, -0.2) is 0 Å². The molecule has 2 heterocycles. The average Bonchev–Trinajstić information content (AvgIpc) is 2.77. The van der Waals surface area contributed by atoms with Crippen LogP contribution in [0.5, 0.6) is 0 Å². The topological polar surface area (TPSA) is 38.8 Å². The summed E-state index contributed by atoms with van der Waals surface area (Å²) in [7, 11) is 0.517. The van der Waals surface area contributed by atoms with Gasteiger partial charge in [-0.15, -0.1) is 0 Å². The van der Waals surface area contributed by atoms with Gasteiger partial charge in [0.25, 0.3) is 0 Å². The number of piperidine rings is 1. The zero-order valence-corrected chi connectivity index (χ0v) is 16.9. The van der Waals surface area contributed by atoms with Crippen LogP contribution >= 0.6 is 0 Å². The lowest BCUT2D eigenvalue weighted by Crippen LogP contribution is -2.44. The maximum atomic E-state index is 12.9. The lowest BCUT2D eigenvalue weighted by atomic mass is 9.98. The van der Waals surface area contributed by atoms with E-state index in [1.54, 1.807) is 0 Å². The zero-order chi connectivity index (χ0) is 18.0. The van der Waals surface area contributed by atoms with Gasteiger partial charge >= 0.3 is 5.97 Å². The summed E-state index contributed by atoms with van der Waals surface area (Å²) >= 11 is 0. The largest absolute Gasteiger partial charge is 0.462 e. The molecule has 5 heteroatoms. The molecule has 0 saturated carbocycles. The normalized spacial score (nSPS) is 27.9. The Morgan fingerprint density at radius 2 is 1.76 bits per heavy atom. The predicted molar refractivity (Wildman–Crippen MR) is 102 cm³/mol. The van der Waals surface area contributed by atoms with E-state index >= 15 is 0 Å². The third-order valence-electron chi connectivity index (χ3n) is 5.51. The second kappa shape index (κ2) is 7.60. The fraction of sp³-hybridized carbons (Fsp3) is 0.650. The molecule has 2 unspecified atom stereocenters. The van der Waals surface area contributed by atoms with Crippen LogP contribution < -0.4 is 0 Å². The van der Waals surface area contributed by atoms with Crippen molar-refractivity contribution in [2.24, 2.45) is 0 Å². The summed E-state index contributed by atoms with van der Waals surface area (Å²) in [6, 6.07) is 11.1. The number of nitrogens with zero attached hydrogens (tertiary/aromatic N) is 1. The first kappa shape index (κ1) is 18.6. The number of carbonyl (C=O) groups is 1. The maximum Gasteiger partial charge on any atom is 0.316 e. The lowest BCUT2D eigenvalue weighted by Gasteiger charge is -2.36. The molecule has 3 rings (SSSR count). The molecule has 0 radical (unpaired) electrons. The average molecular weight is 362 g/mol. The van der Waals surface area contributed by atoms with Crippen molar-refractivity contribution >= 4 is 14.3 Å². The van der Waals surface area contributed by atoms with Crippen molar-refractivity contribution in [1.82, 2.24) is 4.90 Å². The Hall–Kier alpha value is -1.17. The van der Waals surface area contributed by atoms with Crippen molar-refractivity contribution < 1.29 is 14.0 Å². The Balaban J connectivity index is 1.67. The van der Waals surface area contributed by atoms with Crippen LogP contribution in [-0.4, -0.2) is 51.0 Å². The zero-order valence-electron chi connectivity index (χ0n) is 15.9. The monoisotopic (exact) mass is 361 g/mol. The molecule has 1 aromatic carbocycles. The van der Waals surface area contributed by atoms with Gasteiger partial charge in [-0.05, 0) is 57.9 Å². The van der Waals surface area contributed by atoms with E-state index in [9.17, 15) is 4.79 Å². The molecule has 1 aromatic rings. The Morgan fingerprint density at radius 3 is 2.32 bits per heavy atom. The number of carbonyl (C=O) groups excluding carboxylic acids is 1. The van der Waals surface area contributed by atoms with Crippen LogP contribution in [0.3, 0.4) is 0 Å². The highest BCUT2D eigenvalue weighted by atomic mass is 28.4. The van der Waals surface area contributed by atoms with E-state index < -0.39 is 8.32 Å². The van der Waals surface area contributed by atoms with Crippen molar-refractivity contribution in [3.8, 4) is 0 Å². The highest BCUT2D eigenvalue weighted by Crippen LogP contribution is 2.36. The van der Waals surface area contributed by atoms with Crippen molar-refractivity contribution in [1.29, 1.82) is 0 Å². The van der Waals surface area contributed by atoms with Gasteiger partial charge in [-0.2, -0.15) is 0 Å². The highest BCUT2D eigenvalue weighted by molar-refractivity contribution is 6.69. The van der Waals surface area contributed by atoms with Crippen molar-refractivity contribution in [3.63, 3.8) is 0 Å². The number of fused-ring (bicyclic) bond motifs is 2. The molecule has 3 atom stereocenters. The Morgan fingerprint density at radius 1 is 1.16 bits per heavy atom. The van der Waals surface area contributed by atoms with Gasteiger partial charge in [0.05, 0.1) is 6.61 Å². The number of esters is 1. The van der Waals surface area contributed by atoms with E-state index in [2.05, 4.69) is 31.6 Å². The quantitative estimate of drug-likeness (QED) is 0.571. The third-order valence-corrected chi connectivity index (χ3v) is 6.54. The van der Waals surface area contributed by atoms with Crippen LogP contribution in [0.4, 0.5) is 0 Å². The molecule has 138 valence electrons. The lowest BCUT2D eigenvalue weighted by molar-refractivity contribution is -0.155. The van der Waals surface area contributed by atoms with Gasteiger partial charge in [0.15, 0.2) is 8.32 Å². The summed E-state index contributed by atoms with van der Waals surface area (Å²) in [5.41, 5.74) is 0.988. The van der Waals surface area contributed by atoms with Crippen LogP contribution in [-0.2, 0) is 14.0 Å². The van der Waals surface area contributed by atoms with Crippen LogP contribution in [0.2, 0.25) is 19.6 Å². The van der Waals surface area contributed by atoms with E-state index in [1.165, 1.54) is 12.8 Å². The van der Waals surface area contributed by atoms with E-state index in [-0.39, 0.29) is 18.0 Å². The number of ether oxygens (including phenoxy) is 1. The number of hydrogen-bond donors (Lipinski definition) is 0. The van der Waals surface area contributed by atoms with E-state index in [0.29, 0.717) is 18.7 Å². The molecule has 4 nitrogen and oxygen atoms in total. The first-order valence-electron chi connectivity index (χ1n) is 9.45. The van der Waals surface area contributed by atoms with E-state index in [0.717, 1.165) is 18.4 Å². The molecule has 25 heavy (non-hydrogen) atoms. The fourth-order valence-electron chi connectivity index (χ4n) is 4.02. The molecule has 2 aliphatic heterocycles. The summed E-state index contributed by atoms with van der Waals surface area (Å²) < 4.78 is 12.0. The minimum Gasteiger partial charge on any atom is -0.462 e. The first-order valence-corrected chi connectivity index (χ1v) is 12.9. The van der Waals surface area contributed by atoms with Crippen LogP contribution in [0.25, 0.3) is 0 Å². The number of hydrogen-bond acceptors (Lipinski definition) is 4. The molecule has 2 aliphatic rings. The number of rotatable bonds is 6. The molecule has 0 amide bonds. The van der Waals surface area contributed by atoms with Gasteiger partial charge in [-0.3, -0.25) is 4.79 Å². The van der Waals surface area contributed by atoms with Gasteiger partial charge in [0.1, 0.15) is 12.0 Å². The van der Waals surface area contributed by atoms with E-state index in [1.807, 2.05) is 30.3 Å². The number of benzene rings is 1. The standard InChI is InChI=1S/C20H31NO3Si/c1-21-16-10-11-17(21)13-18(12-16)24-20(22)19(14-23-25(2,3)4)15-8-6-5-7-9-15/h5-9,16-19H,10-14H2,1-4H3/t16?,17?,18?,19-/m0/s1. The smallest absolute Gasteiger partial charge is 0.316 e. The van der Waals surface area contributed by atoms with E-state index in [4.69, 9.17) is 9.16 Å². The Labute approximate surface area is 152 Å². The van der Waals surface area contributed by atoms with Gasteiger partial charge in [0, 0.05) is 12.1 Å². The summed E-state index contributed by atoms with van der Waals surface area (Å²) in [6.45, 7) is 6.86. The molecule has 0 aliphatic carbocycles. The van der Waals surface area contributed by atoms with Gasteiger partial charge in [0.2, 0.25) is 0 Å². The van der Waals surface area contributed by atoms with Crippen LogP contribution in [0.15, 0.2) is 30.3 Å². The predicted octanol–water partition coefficient (Wildman–Crippen LogP) is 3.79. The molecular weight excluding hydrogens is 330 g/mol. The molecule has 2 bridgehead atoms. The van der Waals surface area contributed by atoms with Crippen LogP contribution in [0, 0.1) is 0 Å². The Kier molecular flexibility index (Phi) is 5.66. The third kappa shape index (κ3) is 4.71. The fourth-order valence-corrected chi connectivity index (χ4v) is 4.69. The summed E-state index contributed by atoms with van der Waals surface area (Å²) in [6.07, 6.45) is 4.45. The van der Waals surface area contributed by atoms with Crippen molar-refractivity contribution in [2.75, 3.05) is 13.7 Å². The minimum absolute atomic E-state index is 0.0549.